The van der Waals surface area contributed by atoms with E-state index in [0.29, 0.717) is 71.0 Å². The van der Waals surface area contributed by atoms with Crippen LogP contribution in [0.1, 0.15) is 150 Å². The number of nitro groups is 1. The van der Waals surface area contributed by atoms with Gasteiger partial charge in [0.2, 0.25) is 0 Å². The van der Waals surface area contributed by atoms with Crippen LogP contribution < -0.4 is 26.0 Å². The molecule has 6 heterocycles. The number of non-ortho nitro benzene ring substituents is 1. The Hall–Kier alpha value is -9.21. The summed E-state index contributed by atoms with van der Waals surface area (Å²) >= 11 is 4.92. The van der Waals surface area contributed by atoms with Crippen molar-refractivity contribution in [1.82, 2.24) is 39.8 Å². The number of benzene rings is 1. The molecule has 6 fully saturated rings. The van der Waals surface area contributed by atoms with Gasteiger partial charge in [-0.2, -0.15) is 20.7 Å². The second-order valence-corrected chi connectivity index (χ2v) is 25.2. The van der Waals surface area contributed by atoms with Crippen molar-refractivity contribution in [2.75, 3.05) is 23.7 Å². The lowest BCUT2D eigenvalue weighted by Gasteiger charge is -2.53. The highest BCUT2D eigenvalue weighted by Gasteiger charge is 2.51. The molecule has 13 rings (SSSR count). The van der Waals surface area contributed by atoms with Gasteiger partial charge in [0.15, 0.2) is 0 Å². The van der Waals surface area contributed by atoms with Gasteiger partial charge in [-0.05, 0) is 165 Å². The van der Waals surface area contributed by atoms with E-state index in [9.17, 15) is 63.9 Å². The van der Waals surface area contributed by atoms with Crippen LogP contribution in [-0.2, 0) is 9.53 Å². The molecule has 2 atom stereocenters. The quantitative estimate of drug-likeness (QED) is 0.0182. The molecule has 91 heavy (non-hydrogen) atoms. The number of alkyl halides is 2. The molecule has 1 aromatic carbocycles. The summed E-state index contributed by atoms with van der Waals surface area (Å²) in [5, 5.41) is 80.3. The first-order valence-electron chi connectivity index (χ1n) is 29.8. The first-order chi connectivity index (χ1) is 43.1. The molecule has 0 spiro atoms. The Balaban J connectivity index is 0.000000181. The fourth-order valence-corrected chi connectivity index (χ4v) is 11.9. The van der Waals surface area contributed by atoms with Gasteiger partial charge in [-0.1, -0.05) is 6.92 Å². The Bertz CT molecular complexity index is 3930. The smallest absolute Gasteiger partial charge is 0.409 e. The lowest BCUT2D eigenvalue weighted by atomic mass is 9.63. The standard InChI is InChI=1S/C30H35FN6O4.C27H31FN6O3.C7H4ClNO4/c1-4-26(38)41-30-10-7-29(8-11-30,9-12-30)36-22-14-23(24-6-5-20-13-19(15-32)16-35-37(20)24)33-17-21(22)27(39)34-18-25(31)28(2,3)40;1-25(2,36)23(28)16-31-24(35)19-15-30-21(22-4-3-18-11-17(13-29)14-32-34(18)22)12-20(19)33-26-5-8-27(37,9-6-26)10-7-26;8-7(10)13-6-3-1-5(2-4-6)9(11)12/h5-6,13-14,16-17,25,40H,4,7-12,18H2,1-3H3,(H,33,36)(H,34,39);3-4,11-12,14-15,23,36-37H,5-10,16H2,1-2H3,(H,30,33)(H,31,35);1-4H/t25-,29?,30?;23-,26?,27?;/m11./s1. The summed E-state index contributed by atoms with van der Waals surface area (Å²) < 4.78 is 42.4. The number of ether oxygens (including phenoxy) is 2. The molecule has 4 bridgehead atoms. The Labute approximate surface area is 527 Å². The van der Waals surface area contributed by atoms with Crippen LogP contribution in [0.25, 0.3) is 33.8 Å². The van der Waals surface area contributed by atoms with Crippen LogP contribution in [0.5, 0.6) is 5.75 Å². The molecule has 24 nitrogen and oxygen atoms in total. The topological polar surface area (TPSA) is 347 Å². The molecule has 7 aromatic rings. The number of nitrogens with one attached hydrogen (secondary N) is 4. The minimum atomic E-state index is -1.65. The minimum Gasteiger partial charge on any atom is -0.459 e. The number of hydrogen-bond donors (Lipinski definition) is 7. The zero-order valence-corrected chi connectivity index (χ0v) is 51.5. The van der Waals surface area contributed by atoms with Crippen molar-refractivity contribution >= 4 is 62.9 Å². The largest absolute Gasteiger partial charge is 0.459 e. The third-order valence-electron chi connectivity index (χ3n) is 17.5. The third-order valence-corrected chi connectivity index (χ3v) is 17.6. The van der Waals surface area contributed by atoms with Crippen LogP contribution >= 0.6 is 11.6 Å². The van der Waals surface area contributed by atoms with Crippen LogP contribution in [0, 0.1) is 32.8 Å². The summed E-state index contributed by atoms with van der Waals surface area (Å²) in [7, 11) is 0. The summed E-state index contributed by atoms with van der Waals surface area (Å²) in [6.45, 7) is 6.52. The third kappa shape index (κ3) is 15.5. The molecule has 2 amide bonds. The van der Waals surface area contributed by atoms with Crippen molar-refractivity contribution in [3.05, 3.63) is 130 Å². The van der Waals surface area contributed by atoms with Gasteiger partial charge in [0.1, 0.15) is 35.8 Å². The summed E-state index contributed by atoms with van der Waals surface area (Å²) in [5.41, 5.74) is 0.721. The van der Waals surface area contributed by atoms with Crippen molar-refractivity contribution in [2.24, 2.45) is 0 Å². The van der Waals surface area contributed by atoms with E-state index in [0.717, 1.165) is 68.8 Å². The summed E-state index contributed by atoms with van der Waals surface area (Å²) in [6, 6.07) is 23.6. The number of halogens is 3. The van der Waals surface area contributed by atoms with Gasteiger partial charge in [0.25, 0.3) is 17.5 Å². The summed E-state index contributed by atoms with van der Waals surface area (Å²) in [5.74, 6) is -1.02. The van der Waals surface area contributed by atoms with E-state index in [2.05, 4.69) is 58.3 Å². The SMILES string of the molecule is CC(C)(O)[C@H](F)CNC(=O)c1cnc(-c2ccc3cc(C#N)cnn23)cc1NC12CCC(O)(CC1)CC2.CCC(=O)OC12CCC(Nc3cc(-c4ccc5cc(C#N)cnn45)ncc3C(=O)NC[C@@H](F)C(C)(C)O)(CC1)CC2.O=C(Cl)Oc1ccc([N+](=O)[O-])cc1. The molecular formula is C64H70ClF2N13O11. The fraction of sp³-hybridized carbons (Fsp3) is 0.438. The van der Waals surface area contributed by atoms with Crippen molar-refractivity contribution in [3.8, 4) is 40.7 Å². The van der Waals surface area contributed by atoms with Gasteiger partial charge in [-0.15, -0.1) is 0 Å². The Morgan fingerprint density at radius 1 is 0.681 bits per heavy atom. The van der Waals surface area contributed by atoms with E-state index in [1.54, 1.807) is 40.2 Å². The number of amides is 2. The number of nitro benzene ring substituents is 1. The summed E-state index contributed by atoms with van der Waals surface area (Å²) in [6.07, 6.45) is 11.9. The van der Waals surface area contributed by atoms with Gasteiger partial charge >= 0.3 is 11.4 Å². The molecule has 0 aliphatic heterocycles. The Morgan fingerprint density at radius 3 is 1.47 bits per heavy atom. The Kier molecular flexibility index (Phi) is 19.4. The monoisotopic (exact) mass is 1270 g/mol. The lowest BCUT2D eigenvalue weighted by molar-refractivity contribution is -0.384. The molecule has 0 radical (unpaired) electrons. The highest BCUT2D eigenvalue weighted by atomic mass is 35.5. The number of esters is 1. The predicted octanol–water partition coefficient (Wildman–Crippen LogP) is 10.0. The van der Waals surface area contributed by atoms with Gasteiger partial charge in [-0.25, -0.2) is 22.6 Å². The number of fused-ring (bicyclic) bond motifs is 8. The number of hydrogen-bond acceptors (Lipinski definition) is 19. The molecular weight excluding hydrogens is 1200 g/mol. The van der Waals surface area contributed by atoms with Crippen LogP contribution in [0.4, 0.5) is 30.6 Å². The van der Waals surface area contributed by atoms with Crippen LogP contribution in [0.2, 0.25) is 0 Å². The van der Waals surface area contributed by atoms with Crippen LogP contribution in [0.3, 0.4) is 0 Å². The normalized spacial score (nSPS) is 21.3. The highest BCUT2D eigenvalue weighted by molar-refractivity contribution is 6.61. The molecule has 0 saturated heterocycles. The fourth-order valence-electron chi connectivity index (χ4n) is 11.8. The zero-order chi connectivity index (χ0) is 65.7. The number of nitriles is 2. The molecule has 6 saturated carbocycles. The maximum atomic E-state index is 14.4. The first-order valence-corrected chi connectivity index (χ1v) is 30.1. The van der Waals surface area contributed by atoms with E-state index in [-0.39, 0.29) is 52.7 Å². The first kappa shape index (κ1) is 66.2. The average Bonchev–Trinajstić information content (AvgIpc) is 1.04. The van der Waals surface area contributed by atoms with Gasteiger partial charge in [-0.3, -0.25) is 34.5 Å². The Morgan fingerprint density at radius 2 is 1.10 bits per heavy atom. The second kappa shape index (κ2) is 26.7. The molecule has 6 aromatic heterocycles. The van der Waals surface area contributed by atoms with E-state index >= 15 is 0 Å². The van der Waals surface area contributed by atoms with E-state index in [1.165, 1.54) is 76.7 Å². The molecule has 27 heteroatoms. The van der Waals surface area contributed by atoms with Gasteiger partial charge < -0.3 is 46.1 Å². The average molecular weight is 1270 g/mol. The van der Waals surface area contributed by atoms with E-state index < -0.39 is 56.9 Å². The van der Waals surface area contributed by atoms with E-state index in [1.807, 2.05) is 24.3 Å². The summed E-state index contributed by atoms with van der Waals surface area (Å²) in [4.78, 5) is 67.4. The number of rotatable bonds is 18. The highest BCUT2D eigenvalue weighted by Crippen LogP contribution is 2.51. The number of aromatic nitrogens is 6. The van der Waals surface area contributed by atoms with Crippen molar-refractivity contribution in [3.63, 3.8) is 0 Å². The van der Waals surface area contributed by atoms with E-state index in [4.69, 9.17) is 16.3 Å². The predicted molar refractivity (Wildman–Crippen MR) is 330 cm³/mol. The number of carbonyl (C=O) groups excluding carboxylic acids is 4. The van der Waals surface area contributed by atoms with Crippen LogP contribution in [-0.4, -0.2) is 132 Å². The molecule has 6 aliphatic rings. The zero-order valence-electron chi connectivity index (χ0n) is 50.8. The number of pyridine rings is 2. The number of nitrogens with zero attached hydrogens (tertiary/aromatic N) is 9. The molecule has 6 aliphatic carbocycles. The molecule has 0 unspecified atom stereocenters. The lowest BCUT2D eigenvalue weighted by Crippen LogP contribution is -2.55. The van der Waals surface area contributed by atoms with Gasteiger partial charge in [0.05, 0.1) is 115 Å². The number of aliphatic hydroxyl groups is 3. The van der Waals surface area contributed by atoms with Gasteiger partial charge in [0, 0.05) is 53.6 Å². The van der Waals surface area contributed by atoms with Crippen molar-refractivity contribution in [2.45, 2.75) is 164 Å². The maximum absolute atomic E-state index is 14.4. The number of carbonyl (C=O) groups is 4. The minimum absolute atomic E-state index is 0.0747. The molecule has 478 valence electrons. The maximum Gasteiger partial charge on any atom is 0.409 e. The molecule has 7 N–H and O–H groups in total. The second-order valence-electron chi connectivity index (χ2n) is 24.9. The van der Waals surface area contributed by atoms with Crippen LogP contribution in [0.15, 0.2) is 97.6 Å². The van der Waals surface area contributed by atoms with Crippen molar-refractivity contribution in [1.29, 1.82) is 10.5 Å². The van der Waals surface area contributed by atoms with Crippen molar-refractivity contribution < 1.29 is 57.7 Å². The number of anilines is 2.